The summed E-state index contributed by atoms with van der Waals surface area (Å²) in [4.78, 5) is 5.39. The lowest BCUT2D eigenvalue weighted by Gasteiger charge is -2.02. The van der Waals surface area contributed by atoms with E-state index in [0.29, 0.717) is 0 Å². The number of imidazole rings is 1. The Morgan fingerprint density at radius 1 is 1.12 bits per heavy atom. The minimum absolute atomic E-state index is 0. The maximum Gasteiger partial charge on any atom is 0.0945 e. The molecule has 0 fully saturated rings. The van der Waals surface area contributed by atoms with Crippen LogP contribution in [0.5, 0.6) is 0 Å². The highest BCUT2D eigenvalue weighted by Crippen LogP contribution is 2.18. The van der Waals surface area contributed by atoms with Crippen LogP contribution in [-0.4, -0.2) is 15.3 Å². The second kappa shape index (κ2) is 8.20. The maximum absolute atomic E-state index is 4.03. The SMILES string of the molecule is Cl.c1ccc(SCCCCn2ccnc2)cc1. The van der Waals surface area contributed by atoms with Gasteiger partial charge in [0.15, 0.2) is 0 Å². The Bertz CT molecular complexity index is 389. The lowest BCUT2D eigenvalue weighted by molar-refractivity contribution is 0.634. The molecule has 2 nitrogen and oxygen atoms in total. The van der Waals surface area contributed by atoms with E-state index in [4.69, 9.17) is 0 Å². The number of unbranched alkanes of at least 4 members (excludes halogenated alkanes) is 1. The number of thioether (sulfide) groups is 1. The van der Waals surface area contributed by atoms with E-state index in [1.54, 1.807) is 0 Å². The molecule has 92 valence electrons. The zero-order valence-electron chi connectivity index (χ0n) is 9.66. The molecule has 0 saturated heterocycles. The molecule has 0 radical (unpaired) electrons. The van der Waals surface area contributed by atoms with Gasteiger partial charge < -0.3 is 4.57 Å². The molecule has 1 heterocycles. The fourth-order valence-corrected chi connectivity index (χ4v) is 2.46. The van der Waals surface area contributed by atoms with Crippen molar-refractivity contribution in [3.8, 4) is 0 Å². The van der Waals surface area contributed by atoms with Crippen LogP contribution >= 0.6 is 24.2 Å². The van der Waals surface area contributed by atoms with Crippen LogP contribution in [0.4, 0.5) is 0 Å². The third kappa shape index (κ3) is 5.29. The molecule has 0 bridgehead atoms. The summed E-state index contributed by atoms with van der Waals surface area (Å²) in [6, 6.07) is 10.6. The smallest absolute Gasteiger partial charge is 0.0945 e. The van der Waals surface area contributed by atoms with Crippen LogP contribution in [-0.2, 0) is 6.54 Å². The summed E-state index contributed by atoms with van der Waals surface area (Å²) in [7, 11) is 0. The Hall–Kier alpha value is -0.930. The first kappa shape index (κ1) is 14.1. The summed E-state index contributed by atoms with van der Waals surface area (Å²) < 4.78 is 2.13. The third-order valence-corrected chi connectivity index (χ3v) is 3.48. The van der Waals surface area contributed by atoms with Crippen molar-refractivity contribution >= 4 is 24.2 Å². The Morgan fingerprint density at radius 2 is 1.94 bits per heavy atom. The van der Waals surface area contributed by atoms with Gasteiger partial charge in [0.2, 0.25) is 0 Å². The Labute approximate surface area is 113 Å². The fraction of sp³-hybridized carbons (Fsp3) is 0.308. The topological polar surface area (TPSA) is 17.8 Å². The van der Waals surface area contributed by atoms with Gasteiger partial charge in [0.05, 0.1) is 6.33 Å². The lowest BCUT2D eigenvalue weighted by atomic mass is 10.3. The molecular formula is C13H17ClN2S. The summed E-state index contributed by atoms with van der Waals surface area (Å²) in [6.07, 6.45) is 8.20. The van der Waals surface area contributed by atoms with Gasteiger partial charge in [-0.15, -0.1) is 24.2 Å². The number of rotatable bonds is 6. The molecule has 0 unspecified atom stereocenters. The number of halogens is 1. The zero-order chi connectivity index (χ0) is 11.1. The van der Waals surface area contributed by atoms with Crippen LogP contribution in [0.1, 0.15) is 12.8 Å². The molecule has 0 aliphatic heterocycles. The van der Waals surface area contributed by atoms with Crippen LogP contribution < -0.4 is 0 Å². The lowest BCUT2D eigenvalue weighted by Crippen LogP contribution is -1.94. The van der Waals surface area contributed by atoms with E-state index in [0.717, 1.165) is 6.54 Å². The molecular weight excluding hydrogens is 252 g/mol. The molecule has 0 N–H and O–H groups in total. The average Bonchev–Trinajstić information content (AvgIpc) is 2.83. The highest BCUT2D eigenvalue weighted by molar-refractivity contribution is 7.99. The molecule has 2 rings (SSSR count). The van der Waals surface area contributed by atoms with Crippen molar-refractivity contribution in [2.45, 2.75) is 24.3 Å². The van der Waals surface area contributed by atoms with Crippen molar-refractivity contribution in [3.63, 3.8) is 0 Å². The molecule has 0 spiro atoms. The number of aryl methyl sites for hydroxylation is 1. The van der Waals surface area contributed by atoms with E-state index in [1.807, 2.05) is 30.5 Å². The van der Waals surface area contributed by atoms with Gasteiger partial charge in [-0.05, 0) is 30.7 Å². The van der Waals surface area contributed by atoms with Crippen LogP contribution in [0.3, 0.4) is 0 Å². The van der Waals surface area contributed by atoms with E-state index >= 15 is 0 Å². The van der Waals surface area contributed by atoms with Gasteiger partial charge >= 0.3 is 0 Å². The second-order valence-corrected chi connectivity index (χ2v) is 4.84. The number of nitrogens with zero attached hydrogens (tertiary/aromatic N) is 2. The Balaban J connectivity index is 0.00000144. The Kier molecular flexibility index (Phi) is 6.82. The highest BCUT2D eigenvalue weighted by atomic mass is 35.5. The predicted molar refractivity (Wildman–Crippen MR) is 75.9 cm³/mol. The standard InChI is InChI=1S/C13H16N2S.ClH/c1-2-6-13(7-3-1)16-11-5-4-9-15-10-8-14-12-15;/h1-3,6-8,10,12H,4-5,9,11H2;1H. The van der Waals surface area contributed by atoms with Crippen molar-refractivity contribution in [2.75, 3.05) is 5.75 Å². The van der Waals surface area contributed by atoms with Crippen LogP contribution in [0.2, 0.25) is 0 Å². The van der Waals surface area contributed by atoms with Crippen molar-refractivity contribution in [1.82, 2.24) is 9.55 Å². The van der Waals surface area contributed by atoms with Gasteiger partial charge in [-0.3, -0.25) is 0 Å². The van der Waals surface area contributed by atoms with Crippen molar-refractivity contribution in [2.24, 2.45) is 0 Å². The summed E-state index contributed by atoms with van der Waals surface area (Å²) >= 11 is 1.93. The molecule has 17 heavy (non-hydrogen) atoms. The van der Waals surface area contributed by atoms with Gasteiger partial charge in [-0.2, -0.15) is 0 Å². The van der Waals surface area contributed by atoms with Crippen molar-refractivity contribution < 1.29 is 0 Å². The molecule has 1 aromatic carbocycles. The van der Waals surface area contributed by atoms with Gasteiger partial charge in [-0.25, -0.2) is 4.98 Å². The first-order chi connectivity index (χ1) is 7.95. The van der Waals surface area contributed by atoms with Gasteiger partial charge in [0, 0.05) is 23.8 Å². The van der Waals surface area contributed by atoms with E-state index < -0.39 is 0 Å². The second-order valence-electron chi connectivity index (χ2n) is 3.67. The van der Waals surface area contributed by atoms with Gasteiger partial charge in [0.25, 0.3) is 0 Å². The van der Waals surface area contributed by atoms with Crippen LogP contribution in [0.25, 0.3) is 0 Å². The largest absolute Gasteiger partial charge is 0.337 e. The highest BCUT2D eigenvalue weighted by Gasteiger charge is 1.94. The minimum Gasteiger partial charge on any atom is -0.337 e. The third-order valence-electron chi connectivity index (χ3n) is 2.38. The fourth-order valence-electron chi connectivity index (χ4n) is 1.52. The molecule has 0 aliphatic carbocycles. The quantitative estimate of drug-likeness (QED) is 0.585. The van der Waals surface area contributed by atoms with Crippen molar-refractivity contribution in [3.05, 3.63) is 49.1 Å². The molecule has 0 atom stereocenters. The number of hydrogen-bond donors (Lipinski definition) is 0. The molecule has 4 heteroatoms. The average molecular weight is 269 g/mol. The predicted octanol–water partition coefficient (Wildman–Crippen LogP) is 3.88. The zero-order valence-corrected chi connectivity index (χ0v) is 11.3. The number of hydrogen-bond acceptors (Lipinski definition) is 2. The van der Waals surface area contributed by atoms with Crippen LogP contribution in [0.15, 0.2) is 53.9 Å². The van der Waals surface area contributed by atoms with Crippen molar-refractivity contribution in [1.29, 1.82) is 0 Å². The molecule has 0 amide bonds. The van der Waals surface area contributed by atoms with Crippen LogP contribution in [0, 0.1) is 0 Å². The maximum atomic E-state index is 4.03. The Morgan fingerprint density at radius 3 is 2.65 bits per heavy atom. The number of benzene rings is 1. The summed E-state index contributed by atoms with van der Waals surface area (Å²) in [5.74, 6) is 1.19. The first-order valence-corrected chi connectivity index (χ1v) is 6.57. The number of aromatic nitrogens is 2. The first-order valence-electron chi connectivity index (χ1n) is 5.59. The summed E-state index contributed by atoms with van der Waals surface area (Å²) in [5, 5.41) is 0. The monoisotopic (exact) mass is 268 g/mol. The van der Waals surface area contributed by atoms with Gasteiger partial charge in [0.1, 0.15) is 0 Å². The summed E-state index contributed by atoms with van der Waals surface area (Å²) in [5.41, 5.74) is 0. The minimum atomic E-state index is 0. The van der Waals surface area contributed by atoms with E-state index in [-0.39, 0.29) is 12.4 Å². The molecule has 0 aliphatic rings. The summed E-state index contributed by atoms with van der Waals surface area (Å²) in [6.45, 7) is 1.08. The molecule has 1 aromatic heterocycles. The van der Waals surface area contributed by atoms with Gasteiger partial charge in [-0.1, -0.05) is 18.2 Å². The molecule has 0 saturated carbocycles. The van der Waals surface area contributed by atoms with E-state index in [1.165, 1.54) is 23.5 Å². The van der Waals surface area contributed by atoms with E-state index in [2.05, 4.69) is 39.9 Å². The molecule has 2 aromatic rings. The normalized spacial score (nSPS) is 9.88. The van der Waals surface area contributed by atoms with E-state index in [9.17, 15) is 0 Å².